The van der Waals surface area contributed by atoms with Crippen molar-refractivity contribution in [3.8, 4) is 11.5 Å². The second-order valence-corrected chi connectivity index (χ2v) is 10.5. The van der Waals surface area contributed by atoms with Crippen molar-refractivity contribution in [3.63, 3.8) is 0 Å². The maximum absolute atomic E-state index is 14.1. The van der Waals surface area contributed by atoms with Gasteiger partial charge in [-0.25, -0.2) is 9.37 Å². The minimum atomic E-state index is -0.344. The first-order chi connectivity index (χ1) is 17.8. The molecule has 0 aliphatic carbocycles. The first-order valence-corrected chi connectivity index (χ1v) is 14.0. The van der Waals surface area contributed by atoms with Gasteiger partial charge in [0.2, 0.25) is 0 Å². The largest absolute Gasteiger partial charge is 0.490 e. The van der Waals surface area contributed by atoms with Gasteiger partial charge < -0.3 is 9.47 Å². The standard InChI is InChI=1S/C27H23Br3FN3O3/c1-3-7-23-33-21-11-10-18(28)13-19(21)27(35)34(23)32-14-17-12-22(36-4-2)26(25(30)24(17)29)37-15-16-8-5-6-9-20(16)31/h5-6,8-14H,3-4,7,15H2,1-2H3. The number of aromatic nitrogens is 2. The summed E-state index contributed by atoms with van der Waals surface area (Å²) in [5, 5.41) is 4.99. The lowest BCUT2D eigenvalue weighted by Crippen LogP contribution is -2.22. The van der Waals surface area contributed by atoms with Crippen molar-refractivity contribution in [2.24, 2.45) is 5.10 Å². The number of fused-ring (bicyclic) bond motifs is 1. The first kappa shape index (κ1) is 27.5. The van der Waals surface area contributed by atoms with E-state index in [1.807, 2.05) is 26.0 Å². The highest BCUT2D eigenvalue weighted by Crippen LogP contribution is 2.43. The normalized spacial score (nSPS) is 11.4. The SMILES string of the molecule is CCCc1nc2ccc(Br)cc2c(=O)n1N=Cc1cc(OCC)c(OCc2ccccc2F)c(Br)c1Br. The van der Waals surface area contributed by atoms with Crippen molar-refractivity contribution in [1.82, 2.24) is 9.66 Å². The summed E-state index contributed by atoms with van der Waals surface area (Å²) in [5.74, 6) is 1.11. The van der Waals surface area contributed by atoms with Crippen LogP contribution in [0.1, 0.15) is 37.2 Å². The fourth-order valence-electron chi connectivity index (χ4n) is 3.68. The van der Waals surface area contributed by atoms with E-state index in [-0.39, 0.29) is 18.0 Å². The minimum absolute atomic E-state index is 0.0271. The quantitative estimate of drug-likeness (QED) is 0.169. The van der Waals surface area contributed by atoms with Crippen LogP contribution in [0.5, 0.6) is 11.5 Å². The summed E-state index contributed by atoms with van der Waals surface area (Å²) in [7, 11) is 0. The molecule has 3 aromatic carbocycles. The fraction of sp³-hybridized carbons (Fsp3) is 0.222. The Bertz CT molecular complexity index is 1540. The highest BCUT2D eigenvalue weighted by Gasteiger charge is 2.18. The molecule has 0 bridgehead atoms. The van der Waals surface area contributed by atoms with Gasteiger partial charge in [0.05, 0.1) is 28.2 Å². The van der Waals surface area contributed by atoms with Gasteiger partial charge in [0, 0.05) is 26.5 Å². The maximum Gasteiger partial charge on any atom is 0.282 e. The Hall–Kier alpha value is -2.56. The molecule has 1 heterocycles. The Balaban J connectivity index is 1.75. The minimum Gasteiger partial charge on any atom is -0.490 e. The summed E-state index contributed by atoms with van der Waals surface area (Å²) in [6.07, 6.45) is 2.97. The van der Waals surface area contributed by atoms with Crippen LogP contribution in [0.4, 0.5) is 4.39 Å². The molecule has 0 spiro atoms. The number of aryl methyl sites for hydroxylation is 1. The van der Waals surface area contributed by atoms with Crippen LogP contribution in [0.2, 0.25) is 0 Å². The molecule has 0 unspecified atom stereocenters. The monoisotopic (exact) mass is 693 g/mol. The number of hydrogen-bond acceptors (Lipinski definition) is 5. The number of ether oxygens (including phenoxy) is 2. The van der Waals surface area contributed by atoms with Crippen LogP contribution in [0.15, 0.2) is 71.8 Å². The molecule has 0 fully saturated rings. The van der Waals surface area contributed by atoms with Crippen molar-refractivity contribution in [1.29, 1.82) is 0 Å². The molecule has 4 aromatic rings. The third-order valence-electron chi connectivity index (χ3n) is 5.45. The summed E-state index contributed by atoms with van der Waals surface area (Å²) in [5.41, 5.74) is 1.45. The molecule has 10 heteroatoms. The zero-order chi connectivity index (χ0) is 26.5. The zero-order valence-electron chi connectivity index (χ0n) is 20.1. The predicted octanol–water partition coefficient (Wildman–Crippen LogP) is 7.64. The van der Waals surface area contributed by atoms with Gasteiger partial charge >= 0.3 is 0 Å². The van der Waals surface area contributed by atoms with E-state index in [0.29, 0.717) is 61.3 Å². The summed E-state index contributed by atoms with van der Waals surface area (Å²) in [6.45, 7) is 4.30. The van der Waals surface area contributed by atoms with E-state index >= 15 is 0 Å². The molecule has 0 aliphatic rings. The first-order valence-electron chi connectivity index (χ1n) is 11.6. The smallest absolute Gasteiger partial charge is 0.282 e. The predicted molar refractivity (Wildman–Crippen MR) is 154 cm³/mol. The average molecular weight is 696 g/mol. The van der Waals surface area contributed by atoms with Gasteiger partial charge in [-0.15, -0.1) is 0 Å². The van der Waals surface area contributed by atoms with Crippen LogP contribution in [0.3, 0.4) is 0 Å². The molecule has 0 N–H and O–H groups in total. The molecular formula is C27H23Br3FN3O3. The van der Waals surface area contributed by atoms with Gasteiger partial charge in [0.1, 0.15) is 18.2 Å². The molecule has 0 aliphatic heterocycles. The molecule has 37 heavy (non-hydrogen) atoms. The van der Waals surface area contributed by atoms with E-state index in [9.17, 15) is 9.18 Å². The lowest BCUT2D eigenvalue weighted by atomic mass is 10.2. The van der Waals surface area contributed by atoms with E-state index in [2.05, 4.69) is 57.9 Å². The number of halogens is 4. The highest BCUT2D eigenvalue weighted by atomic mass is 79.9. The van der Waals surface area contributed by atoms with Crippen LogP contribution >= 0.6 is 47.8 Å². The van der Waals surface area contributed by atoms with Crippen molar-refractivity contribution < 1.29 is 13.9 Å². The summed E-state index contributed by atoms with van der Waals surface area (Å²) < 4.78 is 29.2. The van der Waals surface area contributed by atoms with Crippen molar-refractivity contribution in [2.75, 3.05) is 6.61 Å². The number of rotatable bonds is 9. The van der Waals surface area contributed by atoms with Gasteiger partial charge in [-0.1, -0.05) is 41.1 Å². The molecule has 0 saturated carbocycles. The molecule has 0 saturated heterocycles. The van der Waals surface area contributed by atoms with E-state index in [1.165, 1.54) is 10.7 Å². The molecule has 0 atom stereocenters. The molecule has 6 nitrogen and oxygen atoms in total. The molecule has 4 rings (SSSR count). The van der Waals surface area contributed by atoms with Crippen LogP contribution in [0, 0.1) is 5.82 Å². The van der Waals surface area contributed by atoms with Crippen LogP contribution in [-0.2, 0) is 13.0 Å². The molecular weight excluding hydrogens is 673 g/mol. The van der Waals surface area contributed by atoms with Gasteiger partial charge in [-0.05, 0) is 75.5 Å². The summed E-state index contributed by atoms with van der Waals surface area (Å²) in [6, 6.07) is 13.6. The lowest BCUT2D eigenvalue weighted by molar-refractivity contribution is 0.264. The van der Waals surface area contributed by atoms with Crippen molar-refractivity contribution in [2.45, 2.75) is 33.3 Å². The molecule has 0 amide bonds. The van der Waals surface area contributed by atoms with Crippen molar-refractivity contribution >= 4 is 64.9 Å². The summed E-state index contributed by atoms with van der Waals surface area (Å²) >= 11 is 10.6. The number of nitrogens with zero attached hydrogens (tertiary/aromatic N) is 3. The Morgan fingerprint density at radius 3 is 2.57 bits per heavy atom. The Morgan fingerprint density at radius 1 is 1.05 bits per heavy atom. The summed E-state index contributed by atoms with van der Waals surface area (Å²) in [4.78, 5) is 18.0. The Labute approximate surface area is 238 Å². The van der Waals surface area contributed by atoms with Gasteiger partial charge in [0.15, 0.2) is 11.5 Å². The topological polar surface area (TPSA) is 65.7 Å². The van der Waals surface area contributed by atoms with Crippen molar-refractivity contribution in [3.05, 3.63) is 95.1 Å². The fourth-order valence-corrected chi connectivity index (χ4v) is 4.98. The maximum atomic E-state index is 14.1. The van der Waals surface area contributed by atoms with Gasteiger partial charge in [-0.2, -0.15) is 9.78 Å². The lowest BCUT2D eigenvalue weighted by Gasteiger charge is -2.16. The molecule has 0 radical (unpaired) electrons. The van der Waals surface area contributed by atoms with Crippen LogP contribution in [-0.4, -0.2) is 22.5 Å². The second-order valence-electron chi connectivity index (χ2n) is 8.04. The molecule has 192 valence electrons. The van der Waals surface area contributed by atoms with E-state index in [0.717, 1.165) is 10.9 Å². The highest BCUT2D eigenvalue weighted by molar-refractivity contribution is 9.13. The average Bonchev–Trinajstić information content (AvgIpc) is 2.88. The van der Waals surface area contributed by atoms with E-state index in [1.54, 1.807) is 36.5 Å². The van der Waals surface area contributed by atoms with Gasteiger partial charge in [-0.3, -0.25) is 4.79 Å². The molecule has 1 aromatic heterocycles. The third-order valence-corrected chi connectivity index (χ3v) is 8.08. The van der Waals surface area contributed by atoms with Crippen LogP contribution in [0.25, 0.3) is 10.9 Å². The second kappa shape index (κ2) is 12.3. The third kappa shape index (κ3) is 6.13. The Morgan fingerprint density at radius 2 is 1.84 bits per heavy atom. The number of hydrogen-bond donors (Lipinski definition) is 0. The van der Waals surface area contributed by atoms with E-state index in [4.69, 9.17) is 9.47 Å². The number of benzene rings is 3. The Kier molecular flexibility index (Phi) is 9.15. The van der Waals surface area contributed by atoms with Crippen LogP contribution < -0.4 is 15.0 Å². The van der Waals surface area contributed by atoms with Gasteiger partial charge in [0.25, 0.3) is 5.56 Å². The van der Waals surface area contributed by atoms with E-state index < -0.39 is 0 Å². The zero-order valence-corrected chi connectivity index (χ0v) is 24.9.